The van der Waals surface area contributed by atoms with E-state index in [0.29, 0.717) is 0 Å². The van der Waals surface area contributed by atoms with Gasteiger partial charge in [-0.25, -0.2) is 4.70 Å². The van der Waals surface area contributed by atoms with Gasteiger partial charge in [-0.3, -0.25) is 0 Å². The predicted molar refractivity (Wildman–Crippen MR) is 174 cm³/mol. The van der Waals surface area contributed by atoms with E-state index in [1.54, 1.807) is 0 Å². The molecule has 0 radical (unpaired) electrons. The Labute approximate surface area is 245 Å². The Hall–Kier alpha value is -2.74. The van der Waals surface area contributed by atoms with Crippen molar-refractivity contribution in [3.63, 3.8) is 0 Å². The summed E-state index contributed by atoms with van der Waals surface area (Å²) in [5.74, 6) is 0. The summed E-state index contributed by atoms with van der Waals surface area (Å²) < 4.78 is 1.52. The van der Waals surface area contributed by atoms with Crippen molar-refractivity contribution in [2.45, 2.75) is 130 Å². The molecule has 0 aliphatic carbocycles. The normalized spacial score (nSPS) is 13.8. The molecule has 0 fully saturated rings. The molecule has 40 heavy (non-hydrogen) atoms. The van der Waals surface area contributed by atoms with Gasteiger partial charge in [-0.1, -0.05) is 115 Å². The lowest BCUT2D eigenvalue weighted by molar-refractivity contribution is -0.345. The third-order valence-electron chi connectivity index (χ3n) is 8.12. The zero-order chi connectivity index (χ0) is 28.6. The van der Waals surface area contributed by atoms with Crippen LogP contribution in [0.1, 0.15) is 140 Å². The molecule has 0 bridgehead atoms. The summed E-state index contributed by atoms with van der Waals surface area (Å²) >= 11 is 0. The van der Waals surface area contributed by atoms with E-state index in [1.165, 1.54) is 91.2 Å². The number of unbranched alkanes of at least 4 members (excludes halogenated alkanes) is 9. The number of allylic oxidation sites excluding steroid dienone is 4. The van der Waals surface area contributed by atoms with Crippen LogP contribution in [-0.2, 0) is 12.8 Å². The zero-order valence-corrected chi connectivity index (χ0v) is 26.0. The van der Waals surface area contributed by atoms with E-state index < -0.39 is 0 Å². The van der Waals surface area contributed by atoms with Crippen molar-refractivity contribution in [3.05, 3.63) is 99.6 Å². The van der Waals surface area contributed by atoms with Gasteiger partial charge in [0.2, 0.25) is 11.4 Å². The van der Waals surface area contributed by atoms with Crippen LogP contribution in [0.25, 0.3) is 16.9 Å². The first-order chi connectivity index (χ1) is 19.6. The monoisotopic (exact) mass is 538 g/mol. The van der Waals surface area contributed by atoms with Crippen molar-refractivity contribution >= 4 is 11.4 Å². The fraction of sp³-hybridized carbons (Fsp3) is 0.526. The van der Waals surface area contributed by atoms with Crippen molar-refractivity contribution in [3.8, 4) is 0 Å². The standard InChI is InChI=1S/C38H54N2/c1-5-9-13-14-15-16-18-28-36-35(27-12-8-4)37(33-25-19-23-31(29-33)21-11-7-3)40(39)38(36)34-26-20-24-32(30-34)22-17-10-6-2/h18-20,23-26,28-30H,5-17,21-22,27H2,1-4H3. The minimum absolute atomic E-state index is 0.944. The Morgan fingerprint density at radius 3 is 1.80 bits per heavy atom. The van der Waals surface area contributed by atoms with Crippen LogP contribution < -0.4 is 0 Å². The van der Waals surface area contributed by atoms with Gasteiger partial charge in [0.05, 0.1) is 5.57 Å². The van der Waals surface area contributed by atoms with Crippen LogP contribution in [0.4, 0.5) is 0 Å². The number of rotatable bonds is 19. The van der Waals surface area contributed by atoms with Gasteiger partial charge in [0.25, 0.3) is 0 Å². The fourth-order valence-electron chi connectivity index (χ4n) is 5.76. The minimum Gasteiger partial charge on any atom is -0.493 e. The predicted octanol–water partition coefficient (Wildman–Crippen LogP) is 12.0. The van der Waals surface area contributed by atoms with E-state index in [1.807, 2.05) is 0 Å². The molecule has 0 atom stereocenters. The molecule has 2 heteroatoms. The van der Waals surface area contributed by atoms with E-state index in [9.17, 15) is 5.53 Å². The molecule has 0 saturated carbocycles. The van der Waals surface area contributed by atoms with Crippen molar-refractivity contribution in [2.75, 3.05) is 0 Å². The van der Waals surface area contributed by atoms with Gasteiger partial charge in [-0.05, 0) is 86.8 Å². The fourth-order valence-corrected chi connectivity index (χ4v) is 5.76. The zero-order valence-electron chi connectivity index (χ0n) is 26.0. The largest absolute Gasteiger partial charge is 0.493 e. The van der Waals surface area contributed by atoms with E-state index >= 15 is 0 Å². The second kappa shape index (κ2) is 17.8. The average molecular weight is 539 g/mol. The first-order valence-electron chi connectivity index (χ1n) is 16.5. The summed E-state index contributed by atoms with van der Waals surface area (Å²) in [5, 5.41) is 0. The highest BCUT2D eigenvalue weighted by Gasteiger charge is 2.34. The Morgan fingerprint density at radius 2 is 1.15 bits per heavy atom. The van der Waals surface area contributed by atoms with Crippen LogP contribution in [-0.4, -0.2) is 4.70 Å². The molecule has 216 valence electrons. The third kappa shape index (κ3) is 9.15. The number of hydrogen-bond donors (Lipinski definition) is 0. The highest BCUT2D eigenvalue weighted by Crippen LogP contribution is 2.43. The van der Waals surface area contributed by atoms with Crippen LogP contribution >= 0.6 is 0 Å². The molecule has 1 heterocycles. The van der Waals surface area contributed by atoms with E-state index in [2.05, 4.69) is 88.4 Å². The lowest BCUT2D eigenvalue weighted by atomic mass is 9.93. The molecule has 0 saturated heterocycles. The summed E-state index contributed by atoms with van der Waals surface area (Å²) in [5.41, 5.74) is 21.3. The molecule has 1 aliphatic heterocycles. The molecule has 3 rings (SSSR count). The second-order valence-electron chi connectivity index (χ2n) is 11.6. The van der Waals surface area contributed by atoms with Gasteiger partial charge in [-0.2, -0.15) is 0 Å². The van der Waals surface area contributed by atoms with Crippen molar-refractivity contribution in [1.29, 1.82) is 0 Å². The number of benzene rings is 2. The molecule has 0 N–H and O–H groups in total. The molecule has 0 amide bonds. The van der Waals surface area contributed by atoms with E-state index in [4.69, 9.17) is 0 Å². The maximum atomic E-state index is 12.0. The third-order valence-corrected chi connectivity index (χ3v) is 8.12. The van der Waals surface area contributed by atoms with Crippen LogP contribution in [0.2, 0.25) is 0 Å². The first-order valence-corrected chi connectivity index (χ1v) is 16.5. The van der Waals surface area contributed by atoms with E-state index in [-0.39, 0.29) is 0 Å². The maximum Gasteiger partial charge on any atom is 0.215 e. The molecule has 0 unspecified atom stereocenters. The molecule has 2 aromatic rings. The van der Waals surface area contributed by atoms with Crippen LogP contribution in [0, 0.1) is 0 Å². The smallest absolute Gasteiger partial charge is 0.215 e. The van der Waals surface area contributed by atoms with Gasteiger partial charge in [0.1, 0.15) is 0 Å². The lowest BCUT2D eigenvalue weighted by Crippen LogP contribution is -2.03. The number of aryl methyl sites for hydroxylation is 2. The highest BCUT2D eigenvalue weighted by atomic mass is 15.2. The molecule has 0 spiro atoms. The molecular formula is C38H54N2. The average Bonchev–Trinajstić information content (AvgIpc) is 3.25. The van der Waals surface area contributed by atoms with Crippen molar-refractivity contribution < 1.29 is 4.70 Å². The number of nitrogens with zero attached hydrogens (tertiary/aromatic N) is 2. The second-order valence-corrected chi connectivity index (χ2v) is 11.6. The van der Waals surface area contributed by atoms with Crippen molar-refractivity contribution in [1.82, 2.24) is 0 Å². The Balaban J connectivity index is 2.04. The molecule has 1 aliphatic rings. The van der Waals surface area contributed by atoms with Gasteiger partial charge in [-0.15, -0.1) is 0 Å². The summed E-state index contributed by atoms with van der Waals surface area (Å²) in [6.45, 7) is 9.03. The Bertz CT molecular complexity index is 1160. The SMILES string of the molecule is CCCCCCCC=CC1=C(c2cccc(CCCCC)c2)[N+](=[N-])C(c2cccc(CCCC)c2)=C1CCCC. The topological polar surface area (TPSA) is 25.3 Å². The van der Waals surface area contributed by atoms with Gasteiger partial charge in [0.15, 0.2) is 0 Å². The quantitative estimate of drug-likeness (QED) is 0.125. The Kier molecular flexibility index (Phi) is 14.2. The highest BCUT2D eigenvalue weighted by molar-refractivity contribution is 5.84. The van der Waals surface area contributed by atoms with Gasteiger partial charge >= 0.3 is 0 Å². The lowest BCUT2D eigenvalue weighted by Gasteiger charge is -2.11. The summed E-state index contributed by atoms with van der Waals surface area (Å²) in [6, 6.07) is 17.8. The Morgan fingerprint density at radius 1 is 0.600 bits per heavy atom. The summed E-state index contributed by atoms with van der Waals surface area (Å²) in [4.78, 5) is 0. The summed E-state index contributed by atoms with van der Waals surface area (Å²) in [7, 11) is 0. The molecule has 2 aromatic carbocycles. The van der Waals surface area contributed by atoms with Gasteiger partial charge < -0.3 is 5.53 Å². The summed E-state index contributed by atoms with van der Waals surface area (Å²) in [6.07, 6.45) is 23.7. The molecular weight excluding hydrogens is 484 g/mol. The first kappa shape index (κ1) is 31.8. The van der Waals surface area contributed by atoms with Gasteiger partial charge in [0, 0.05) is 16.7 Å². The minimum atomic E-state index is 0.944. The molecule has 0 aromatic heterocycles. The van der Waals surface area contributed by atoms with Crippen LogP contribution in [0.3, 0.4) is 0 Å². The van der Waals surface area contributed by atoms with Crippen LogP contribution in [0.15, 0.2) is 71.8 Å². The van der Waals surface area contributed by atoms with Crippen LogP contribution in [0.5, 0.6) is 0 Å². The number of hydrogen-bond acceptors (Lipinski definition) is 0. The molecule has 2 nitrogen and oxygen atoms in total. The van der Waals surface area contributed by atoms with Crippen molar-refractivity contribution in [2.24, 2.45) is 0 Å². The maximum absolute atomic E-state index is 12.0. The van der Waals surface area contributed by atoms with E-state index in [0.717, 1.165) is 61.0 Å².